The second-order valence-corrected chi connectivity index (χ2v) is 7.90. The highest BCUT2D eigenvalue weighted by atomic mass is 16.5. The molecule has 0 saturated carbocycles. The van der Waals surface area contributed by atoms with Gasteiger partial charge in [0.1, 0.15) is 11.3 Å². The van der Waals surface area contributed by atoms with Gasteiger partial charge in [0.25, 0.3) is 0 Å². The molecule has 8 nitrogen and oxygen atoms in total. The van der Waals surface area contributed by atoms with Gasteiger partial charge >= 0.3 is 5.97 Å². The molecule has 0 radical (unpaired) electrons. The lowest BCUT2D eigenvalue weighted by Crippen LogP contribution is -2.18. The molecule has 4 rings (SSSR count). The molecule has 0 atom stereocenters. The topological polar surface area (TPSA) is 95.3 Å². The molecule has 2 heterocycles. The van der Waals surface area contributed by atoms with Crippen LogP contribution in [0.2, 0.25) is 0 Å². The molecular formula is C27H28N4O4. The molecule has 1 N–H and O–H groups in total. The minimum atomic E-state index is -0.561. The number of hydrogen-bond donors (Lipinski definition) is 1. The third-order valence-corrected chi connectivity index (χ3v) is 5.47. The van der Waals surface area contributed by atoms with E-state index >= 15 is 0 Å². The molecule has 4 aromatic rings. The van der Waals surface area contributed by atoms with Crippen molar-refractivity contribution in [3.05, 3.63) is 78.0 Å². The summed E-state index contributed by atoms with van der Waals surface area (Å²) in [5.74, 6) is 0.657. The van der Waals surface area contributed by atoms with E-state index in [0.717, 1.165) is 23.1 Å². The summed E-state index contributed by atoms with van der Waals surface area (Å²) in [5.41, 5.74) is 2.19. The monoisotopic (exact) mass is 472 g/mol. The Labute approximate surface area is 203 Å². The lowest BCUT2D eigenvalue weighted by Gasteiger charge is -2.11. The molecular weight excluding hydrogens is 444 g/mol. The third kappa shape index (κ3) is 5.84. The quantitative estimate of drug-likeness (QED) is 0.259. The Bertz CT molecular complexity index is 1310. The van der Waals surface area contributed by atoms with Crippen LogP contribution in [0.5, 0.6) is 5.75 Å². The SMILES string of the molecule is CCOC(=O)c1cnn(-c2ccc3ccccc3n2)c1NC(=O)CCCOc1ccc(CC)cc1. The molecule has 0 aliphatic rings. The van der Waals surface area contributed by atoms with E-state index in [1.807, 2.05) is 54.6 Å². The maximum atomic E-state index is 12.8. The first-order valence-corrected chi connectivity index (χ1v) is 11.7. The van der Waals surface area contributed by atoms with Gasteiger partial charge in [-0.05, 0) is 55.7 Å². The minimum Gasteiger partial charge on any atom is -0.494 e. The smallest absolute Gasteiger partial charge is 0.343 e. The van der Waals surface area contributed by atoms with Crippen LogP contribution in [0, 0.1) is 0 Å². The summed E-state index contributed by atoms with van der Waals surface area (Å²) in [6.45, 7) is 4.43. The number of aryl methyl sites for hydroxylation is 1. The Morgan fingerprint density at radius 2 is 1.80 bits per heavy atom. The van der Waals surface area contributed by atoms with Crippen LogP contribution >= 0.6 is 0 Å². The number of rotatable bonds is 10. The van der Waals surface area contributed by atoms with Crippen LogP contribution in [-0.2, 0) is 16.0 Å². The summed E-state index contributed by atoms with van der Waals surface area (Å²) in [4.78, 5) is 29.9. The van der Waals surface area contributed by atoms with Crippen molar-refractivity contribution in [3.8, 4) is 11.6 Å². The van der Waals surface area contributed by atoms with Gasteiger partial charge in [-0.1, -0.05) is 37.3 Å². The molecule has 0 bridgehead atoms. The highest BCUT2D eigenvalue weighted by molar-refractivity contribution is 6.00. The molecule has 0 fully saturated rings. The molecule has 0 aliphatic carbocycles. The fourth-order valence-electron chi connectivity index (χ4n) is 3.61. The highest BCUT2D eigenvalue weighted by Gasteiger charge is 2.22. The Balaban J connectivity index is 1.46. The number of anilines is 1. The number of aromatic nitrogens is 3. The summed E-state index contributed by atoms with van der Waals surface area (Å²) in [6, 6.07) is 19.3. The van der Waals surface area contributed by atoms with Gasteiger partial charge in [-0.15, -0.1) is 0 Å². The number of nitrogens with zero attached hydrogens (tertiary/aromatic N) is 3. The van der Waals surface area contributed by atoms with Gasteiger partial charge in [0, 0.05) is 11.8 Å². The average molecular weight is 473 g/mol. The lowest BCUT2D eigenvalue weighted by molar-refractivity contribution is -0.116. The number of esters is 1. The maximum absolute atomic E-state index is 12.8. The molecule has 180 valence electrons. The van der Waals surface area contributed by atoms with E-state index in [9.17, 15) is 9.59 Å². The van der Waals surface area contributed by atoms with Gasteiger partial charge in [0.05, 0.1) is 24.9 Å². The van der Waals surface area contributed by atoms with Crippen molar-refractivity contribution in [2.45, 2.75) is 33.1 Å². The summed E-state index contributed by atoms with van der Waals surface area (Å²) in [6.07, 6.45) is 3.08. The minimum absolute atomic E-state index is 0.169. The summed E-state index contributed by atoms with van der Waals surface area (Å²) < 4.78 is 12.3. The zero-order valence-corrected chi connectivity index (χ0v) is 19.9. The van der Waals surface area contributed by atoms with E-state index < -0.39 is 5.97 Å². The molecule has 2 aromatic heterocycles. The first-order valence-electron chi connectivity index (χ1n) is 11.7. The van der Waals surface area contributed by atoms with Crippen molar-refractivity contribution >= 4 is 28.6 Å². The molecule has 0 unspecified atom stereocenters. The van der Waals surface area contributed by atoms with E-state index in [1.54, 1.807) is 13.0 Å². The maximum Gasteiger partial charge on any atom is 0.343 e. The normalized spacial score (nSPS) is 10.8. The fourth-order valence-corrected chi connectivity index (χ4v) is 3.61. The summed E-state index contributed by atoms with van der Waals surface area (Å²) in [5, 5.41) is 8.11. The lowest BCUT2D eigenvalue weighted by atomic mass is 10.2. The van der Waals surface area contributed by atoms with Crippen LogP contribution in [0.4, 0.5) is 5.82 Å². The van der Waals surface area contributed by atoms with Crippen molar-refractivity contribution in [2.24, 2.45) is 0 Å². The number of nitrogens with one attached hydrogen (secondary N) is 1. The fraction of sp³-hybridized carbons (Fsp3) is 0.259. The zero-order chi connectivity index (χ0) is 24.6. The largest absolute Gasteiger partial charge is 0.494 e. The van der Waals surface area contributed by atoms with Crippen LogP contribution in [0.25, 0.3) is 16.7 Å². The Kier molecular flexibility index (Phi) is 7.72. The Morgan fingerprint density at radius 1 is 1.00 bits per heavy atom. The number of benzene rings is 2. The molecule has 0 aliphatic heterocycles. The Hall–Kier alpha value is -4.20. The van der Waals surface area contributed by atoms with Crippen molar-refractivity contribution in [1.29, 1.82) is 0 Å². The predicted molar refractivity (Wildman–Crippen MR) is 134 cm³/mol. The van der Waals surface area contributed by atoms with Gasteiger partial charge in [-0.3, -0.25) is 4.79 Å². The number of carbonyl (C=O) groups is 2. The number of hydrogen-bond acceptors (Lipinski definition) is 6. The second-order valence-electron chi connectivity index (χ2n) is 7.90. The van der Waals surface area contributed by atoms with Gasteiger partial charge in [0.2, 0.25) is 5.91 Å². The van der Waals surface area contributed by atoms with E-state index in [2.05, 4.69) is 22.3 Å². The highest BCUT2D eigenvalue weighted by Crippen LogP contribution is 2.23. The predicted octanol–water partition coefficient (Wildman–Crippen LogP) is 4.96. The van der Waals surface area contributed by atoms with Gasteiger partial charge < -0.3 is 14.8 Å². The van der Waals surface area contributed by atoms with Crippen molar-refractivity contribution in [3.63, 3.8) is 0 Å². The van der Waals surface area contributed by atoms with E-state index in [-0.39, 0.29) is 30.3 Å². The first kappa shape index (κ1) is 23.9. The zero-order valence-electron chi connectivity index (χ0n) is 19.9. The van der Waals surface area contributed by atoms with E-state index in [0.29, 0.717) is 18.8 Å². The molecule has 35 heavy (non-hydrogen) atoms. The molecule has 0 saturated heterocycles. The van der Waals surface area contributed by atoms with Crippen LogP contribution in [-0.4, -0.2) is 39.9 Å². The summed E-state index contributed by atoms with van der Waals surface area (Å²) in [7, 11) is 0. The average Bonchev–Trinajstić information content (AvgIpc) is 3.30. The standard InChI is InChI=1S/C27H28N4O4/c1-3-19-11-14-21(15-12-19)35-17-7-10-25(32)30-26-22(27(33)34-4-2)18-28-31(26)24-16-13-20-8-5-6-9-23(20)29-24/h5-6,8-9,11-16,18H,3-4,7,10,17H2,1-2H3,(H,30,32). The van der Waals surface area contributed by atoms with E-state index in [1.165, 1.54) is 16.4 Å². The second kappa shape index (κ2) is 11.3. The van der Waals surface area contributed by atoms with Crippen LogP contribution in [0.15, 0.2) is 66.9 Å². The number of ether oxygens (including phenoxy) is 2. The van der Waals surface area contributed by atoms with Crippen LogP contribution in [0.1, 0.15) is 42.6 Å². The number of fused-ring (bicyclic) bond motifs is 1. The number of pyridine rings is 1. The third-order valence-electron chi connectivity index (χ3n) is 5.47. The summed E-state index contributed by atoms with van der Waals surface area (Å²) >= 11 is 0. The van der Waals surface area contributed by atoms with Crippen molar-refractivity contribution < 1.29 is 19.1 Å². The molecule has 8 heteroatoms. The van der Waals surface area contributed by atoms with Gasteiger partial charge in [-0.25, -0.2) is 9.78 Å². The molecule has 0 spiro atoms. The van der Waals surface area contributed by atoms with Crippen LogP contribution < -0.4 is 10.1 Å². The molecule has 2 aromatic carbocycles. The number of para-hydroxylation sites is 1. The van der Waals surface area contributed by atoms with E-state index in [4.69, 9.17) is 9.47 Å². The number of carbonyl (C=O) groups excluding carboxylic acids is 2. The van der Waals surface area contributed by atoms with Gasteiger partial charge in [-0.2, -0.15) is 9.78 Å². The van der Waals surface area contributed by atoms with Gasteiger partial charge in [0.15, 0.2) is 11.6 Å². The van der Waals surface area contributed by atoms with Crippen molar-refractivity contribution in [2.75, 3.05) is 18.5 Å². The first-order chi connectivity index (χ1) is 17.1. The van der Waals surface area contributed by atoms with Crippen molar-refractivity contribution in [1.82, 2.24) is 14.8 Å². The molecule has 1 amide bonds. The Morgan fingerprint density at radius 3 is 2.57 bits per heavy atom. The van der Waals surface area contributed by atoms with Crippen LogP contribution in [0.3, 0.4) is 0 Å². The number of amides is 1.